The van der Waals surface area contributed by atoms with Crippen LogP contribution in [0, 0.1) is 0 Å². The van der Waals surface area contributed by atoms with Crippen LogP contribution < -0.4 is 5.19 Å². The molecule has 5 heteroatoms. The maximum atomic E-state index is 10.7. The van der Waals surface area contributed by atoms with Crippen LogP contribution in [0.2, 0.25) is 19.1 Å². The van der Waals surface area contributed by atoms with Crippen LogP contribution in [-0.4, -0.2) is 26.8 Å². The molecule has 0 aliphatic rings. The molecule has 0 heterocycles. The monoisotopic (exact) mass is 244 g/mol. The fraction of sp³-hybridized carbons (Fsp3) is 0.400. The minimum atomic E-state index is -3.83. The first-order valence-electron chi connectivity index (χ1n) is 4.82. The summed E-state index contributed by atoms with van der Waals surface area (Å²) in [6.07, 6.45) is 0. The van der Waals surface area contributed by atoms with E-state index in [1.54, 1.807) is 0 Å². The van der Waals surface area contributed by atoms with Crippen LogP contribution in [-0.2, 0) is 10.1 Å². The van der Waals surface area contributed by atoms with E-state index in [1.165, 1.54) is 5.19 Å². The molecule has 0 saturated carbocycles. The zero-order valence-electron chi connectivity index (χ0n) is 8.97. The summed E-state index contributed by atoms with van der Waals surface area (Å²) in [5.74, 6) is -0.138. The van der Waals surface area contributed by atoms with Crippen LogP contribution >= 0.6 is 0 Å². The van der Waals surface area contributed by atoms with Crippen molar-refractivity contribution in [3.05, 3.63) is 30.3 Å². The Morgan fingerprint density at radius 3 is 2.20 bits per heavy atom. The predicted molar refractivity (Wildman–Crippen MR) is 64.8 cm³/mol. The third-order valence-corrected chi connectivity index (χ3v) is 7.02. The molecule has 0 fully saturated rings. The van der Waals surface area contributed by atoms with E-state index < -0.39 is 18.2 Å². The van der Waals surface area contributed by atoms with Gasteiger partial charge in [-0.3, -0.25) is 4.55 Å². The number of hydrogen-bond acceptors (Lipinski definition) is 2. The molecule has 0 bridgehead atoms. The van der Waals surface area contributed by atoms with Crippen molar-refractivity contribution in [1.82, 2.24) is 0 Å². The van der Waals surface area contributed by atoms with Crippen molar-refractivity contribution in [1.29, 1.82) is 0 Å². The lowest BCUT2D eigenvalue weighted by atomic mass is 10.4. The van der Waals surface area contributed by atoms with Gasteiger partial charge in [0.2, 0.25) is 0 Å². The third-order valence-electron chi connectivity index (χ3n) is 2.54. The van der Waals surface area contributed by atoms with Crippen molar-refractivity contribution in [3.63, 3.8) is 0 Å². The fourth-order valence-corrected chi connectivity index (χ4v) is 5.87. The number of hydrogen-bond donors (Lipinski definition) is 1. The molecule has 15 heavy (non-hydrogen) atoms. The highest BCUT2D eigenvalue weighted by Crippen LogP contribution is 2.10. The first-order valence-corrected chi connectivity index (χ1v) is 9.64. The van der Waals surface area contributed by atoms with Crippen molar-refractivity contribution >= 4 is 23.4 Å². The Kier molecular flexibility index (Phi) is 3.70. The van der Waals surface area contributed by atoms with Crippen LogP contribution in [0.25, 0.3) is 0 Å². The van der Waals surface area contributed by atoms with Gasteiger partial charge in [0.1, 0.15) is 0 Å². The van der Waals surface area contributed by atoms with Crippen LogP contribution in [0.1, 0.15) is 0 Å². The van der Waals surface area contributed by atoms with E-state index in [-0.39, 0.29) is 5.75 Å². The second-order valence-electron chi connectivity index (χ2n) is 4.29. The lowest BCUT2D eigenvalue weighted by molar-refractivity contribution is 0.484. The standard InChI is InChI=1S/C10H16O3SSi/c1-15(2,9-8-14(11,12)13)10-6-4-3-5-7-10/h3-7H,8-9H2,1-2H3,(H,11,12,13). The van der Waals surface area contributed by atoms with Gasteiger partial charge >= 0.3 is 0 Å². The molecule has 3 nitrogen and oxygen atoms in total. The lowest BCUT2D eigenvalue weighted by Crippen LogP contribution is -2.42. The Bertz CT molecular complexity index is 412. The van der Waals surface area contributed by atoms with Crippen molar-refractivity contribution in [2.45, 2.75) is 19.1 Å². The summed E-state index contributed by atoms with van der Waals surface area (Å²) in [7, 11) is -5.56. The minimum absolute atomic E-state index is 0.138. The Morgan fingerprint density at radius 2 is 1.73 bits per heavy atom. The molecule has 1 rings (SSSR count). The molecule has 0 aliphatic carbocycles. The Balaban J connectivity index is 2.76. The van der Waals surface area contributed by atoms with Gasteiger partial charge in [0.05, 0.1) is 13.8 Å². The smallest absolute Gasteiger partial charge is 0.264 e. The molecule has 1 N–H and O–H groups in total. The molecule has 84 valence electrons. The average Bonchev–Trinajstić information content (AvgIpc) is 2.16. The van der Waals surface area contributed by atoms with Gasteiger partial charge in [-0.25, -0.2) is 0 Å². The SMILES string of the molecule is C[Si](C)(CCS(=O)(=O)O)c1ccccc1. The number of rotatable bonds is 4. The van der Waals surface area contributed by atoms with E-state index in [0.717, 1.165) is 0 Å². The Hall–Kier alpha value is -0.653. The Labute approximate surface area is 91.9 Å². The highest BCUT2D eigenvalue weighted by molar-refractivity contribution is 7.85. The van der Waals surface area contributed by atoms with Gasteiger partial charge in [-0.15, -0.1) is 0 Å². The summed E-state index contributed by atoms with van der Waals surface area (Å²) < 4.78 is 30.1. The summed E-state index contributed by atoms with van der Waals surface area (Å²) in [6, 6.07) is 10.5. The molecule has 0 aromatic heterocycles. The van der Waals surface area contributed by atoms with E-state index in [4.69, 9.17) is 4.55 Å². The van der Waals surface area contributed by atoms with Gasteiger partial charge in [-0.2, -0.15) is 8.42 Å². The van der Waals surface area contributed by atoms with Crippen LogP contribution in [0.5, 0.6) is 0 Å². The van der Waals surface area contributed by atoms with Gasteiger partial charge in [0.25, 0.3) is 10.1 Å². The molecule has 0 saturated heterocycles. The van der Waals surface area contributed by atoms with E-state index >= 15 is 0 Å². The highest BCUT2D eigenvalue weighted by atomic mass is 32.2. The van der Waals surface area contributed by atoms with Gasteiger partial charge in [-0.05, 0) is 6.04 Å². The molecule has 0 atom stereocenters. The van der Waals surface area contributed by atoms with Crippen molar-refractivity contribution in [3.8, 4) is 0 Å². The molecule has 1 aromatic rings. The van der Waals surface area contributed by atoms with Gasteiger partial charge < -0.3 is 0 Å². The molecule has 1 aromatic carbocycles. The van der Waals surface area contributed by atoms with Crippen LogP contribution in [0.15, 0.2) is 30.3 Å². The zero-order chi connectivity index (χ0) is 11.5. The molecule has 0 aliphatic heterocycles. The van der Waals surface area contributed by atoms with E-state index in [1.807, 2.05) is 30.3 Å². The highest BCUT2D eigenvalue weighted by Gasteiger charge is 2.24. The molecule has 0 amide bonds. The average molecular weight is 244 g/mol. The summed E-state index contributed by atoms with van der Waals surface area (Å²) in [6.45, 7) is 4.21. The maximum Gasteiger partial charge on any atom is 0.264 e. The molecular weight excluding hydrogens is 228 g/mol. The molecule has 0 radical (unpaired) electrons. The maximum absolute atomic E-state index is 10.7. The number of benzene rings is 1. The normalized spacial score (nSPS) is 12.7. The van der Waals surface area contributed by atoms with E-state index in [0.29, 0.717) is 6.04 Å². The molecule has 0 unspecified atom stereocenters. The van der Waals surface area contributed by atoms with Gasteiger partial charge in [0, 0.05) is 0 Å². The van der Waals surface area contributed by atoms with E-state index in [9.17, 15) is 8.42 Å². The van der Waals surface area contributed by atoms with Crippen LogP contribution in [0.3, 0.4) is 0 Å². The fourth-order valence-electron chi connectivity index (χ4n) is 1.42. The van der Waals surface area contributed by atoms with Gasteiger partial charge in [-0.1, -0.05) is 48.6 Å². The first kappa shape index (κ1) is 12.4. The minimum Gasteiger partial charge on any atom is -0.286 e. The topological polar surface area (TPSA) is 54.4 Å². The predicted octanol–water partition coefficient (Wildman–Crippen LogP) is 1.49. The second kappa shape index (κ2) is 4.47. The molecular formula is C10H16O3SSi. The van der Waals surface area contributed by atoms with E-state index in [2.05, 4.69) is 13.1 Å². The van der Waals surface area contributed by atoms with Gasteiger partial charge in [0.15, 0.2) is 0 Å². The van der Waals surface area contributed by atoms with Crippen LogP contribution in [0.4, 0.5) is 0 Å². The summed E-state index contributed by atoms with van der Waals surface area (Å²) in [5.41, 5.74) is 0. The van der Waals surface area contributed by atoms with Crippen molar-refractivity contribution in [2.75, 3.05) is 5.75 Å². The van der Waals surface area contributed by atoms with Crippen molar-refractivity contribution in [2.24, 2.45) is 0 Å². The summed E-state index contributed by atoms with van der Waals surface area (Å²) in [4.78, 5) is 0. The largest absolute Gasteiger partial charge is 0.286 e. The zero-order valence-corrected chi connectivity index (χ0v) is 10.8. The quantitative estimate of drug-likeness (QED) is 0.645. The Morgan fingerprint density at radius 1 is 1.20 bits per heavy atom. The molecule has 0 spiro atoms. The third kappa shape index (κ3) is 4.15. The first-order chi connectivity index (χ1) is 6.81. The summed E-state index contributed by atoms with van der Waals surface area (Å²) in [5, 5.41) is 1.22. The lowest BCUT2D eigenvalue weighted by Gasteiger charge is -2.21. The second-order valence-corrected chi connectivity index (χ2v) is 10.7. The summed E-state index contributed by atoms with van der Waals surface area (Å²) >= 11 is 0. The van der Waals surface area contributed by atoms with Crippen molar-refractivity contribution < 1.29 is 13.0 Å².